The van der Waals surface area contributed by atoms with Crippen LogP contribution in [0.3, 0.4) is 0 Å². The standard InChI is InChI=1S/C13H19N3O3S/c14-13(15)11-3-1-10(2-4-11)9-16-20(17,18)12-5-7-19-8-6-12/h1-4,12,16H,5-9H2,(H3,14,15). The maximum absolute atomic E-state index is 12.1. The quantitative estimate of drug-likeness (QED) is 0.545. The fourth-order valence-corrected chi connectivity index (χ4v) is 3.51. The number of ether oxygens (including phenoxy) is 1. The van der Waals surface area contributed by atoms with Crippen LogP contribution in [0.4, 0.5) is 0 Å². The Morgan fingerprint density at radius 1 is 1.30 bits per heavy atom. The average molecular weight is 297 g/mol. The van der Waals surface area contributed by atoms with Crippen molar-refractivity contribution in [3.05, 3.63) is 35.4 Å². The van der Waals surface area contributed by atoms with Crippen molar-refractivity contribution in [2.45, 2.75) is 24.6 Å². The Morgan fingerprint density at radius 2 is 1.90 bits per heavy atom. The SMILES string of the molecule is N=C(N)c1ccc(CNS(=O)(=O)C2CCOCC2)cc1. The molecule has 4 N–H and O–H groups in total. The van der Waals surface area contributed by atoms with Gasteiger partial charge in [0.15, 0.2) is 0 Å². The Balaban J connectivity index is 1.95. The summed E-state index contributed by atoms with van der Waals surface area (Å²) >= 11 is 0. The number of hydrogen-bond acceptors (Lipinski definition) is 4. The van der Waals surface area contributed by atoms with E-state index >= 15 is 0 Å². The van der Waals surface area contributed by atoms with Crippen molar-refractivity contribution >= 4 is 15.9 Å². The zero-order valence-corrected chi connectivity index (χ0v) is 11.9. The summed E-state index contributed by atoms with van der Waals surface area (Å²) in [6, 6.07) is 6.95. The second kappa shape index (κ2) is 6.34. The summed E-state index contributed by atoms with van der Waals surface area (Å²) in [5, 5.41) is 6.93. The molecule has 20 heavy (non-hydrogen) atoms. The molecule has 0 atom stereocenters. The Morgan fingerprint density at radius 3 is 2.45 bits per heavy atom. The van der Waals surface area contributed by atoms with Crippen molar-refractivity contribution in [3.63, 3.8) is 0 Å². The number of hydrogen-bond donors (Lipinski definition) is 3. The number of nitrogen functional groups attached to an aromatic ring is 1. The van der Waals surface area contributed by atoms with Crippen molar-refractivity contribution in [2.24, 2.45) is 5.73 Å². The molecule has 0 amide bonds. The van der Waals surface area contributed by atoms with Crippen LogP contribution in [0.25, 0.3) is 0 Å². The molecule has 1 heterocycles. The van der Waals surface area contributed by atoms with Crippen LogP contribution in [-0.4, -0.2) is 32.7 Å². The predicted molar refractivity (Wildman–Crippen MR) is 77.1 cm³/mol. The van der Waals surface area contributed by atoms with Crippen LogP contribution < -0.4 is 10.5 Å². The molecule has 0 saturated carbocycles. The Bertz CT molecular complexity index is 563. The van der Waals surface area contributed by atoms with Crippen LogP contribution >= 0.6 is 0 Å². The van der Waals surface area contributed by atoms with E-state index in [2.05, 4.69) is 4.72 Å². The van der Waals surface area contributed by atoms with Crippen molar-refractivity contribution in [3.8, 4) is 0 Å². The number of amidine groups is 1. The smallest absolute Gasteiger partial charge is 0.214 e. The highest BCUT2D eigenvalue weighted by molar-refractivity contribution is 7.90. The lowest BCUT2D eigenvalue weighted by Gasteiger charge is -2.22. The van der Waals surface area contributed by atoms with Crippen LogP contribution in [-0.2, 0) is 21.3 Å². The summed E-state index contributed by atoms with van der Waals surface area (Å²) in [5.41, 5.74) is 6.83. The van der Waals surface area contributed by atoms with E-state index in [1.54, 1.807) is 24.3 Å². The molecule has 110 valence electrons. The topological polar surface area (TPSA) is 105 Å². The van der Waals surface area contributed by atoms with E-state index in [9.17, 15) is 8.42 Å². The van der Waals surface area contributed by atoms with Gasteiger partial charge in [-0.05, 0) is 18.4 Å². The first-order valence-electron chi connectivity index (χ1n) is 6.48. The molecule has 0 bridgehead atoms. The predicted octanol–water partition coefficient (Wildman–Crippen LogP) is 0.569. The zero-order chi connectivity index (χ0) is 14.6. The summed E-state index contributed by atoms with van der Waals surface area (Å²) < 4.78 is 32.0. The summed E-state index contributed by atoms with van der Waals surface area (Å²) in [5.74, 6) is -0.000615. The molecule has 1 aliphatic rings. The molecule has 0 aliphatic carbocycles. The lowest BCUT2D eigenvalue weighted by Crippen LogP contribution is -2.37. The van der Waals surface area contributed by atoms with Gasteiger partial charge < -0.3 is 10.5 Å². The van der Waals surface area contributed by atoms with Gasteiger partial charge in [-0.1, -0.05) is 24.3 Å². The molecular weight excluding hydrogens is 278 g/mol. The first-order chi connectivity index (χ1) is 9.49. The largest absolute Gasteiger partial charge is 0.384 e. The minimum Gasteiger partial charge on any atom is -0.384 e. The molecule has 0 unspecified atom stereocenters. The van der Waals surface area contributed by atoms with Gasteiger partial charge >= 0.3 is 0 Å². The highest BCUT2D eigenvalue weighted by Gasteiger charge is 2.27. The molecule has 1 aromatic carbocycles. The van der Waals surface area contributed by atoms with E-state index in [0.717, 1.165) is 5.56 Å². The monoisotopic (exact) mass is 297 g/mol. The van der Waals surface area contributed by atoms with Gasteiger partial charge in [-0.3, -0.25) is 5.41 Å². The molecule has 1 fully saturated rings. The van der Waals surface area contributed by atoms with Crippen molar-refractivity contribution in [2.75, 3.05) is 13.2 Å². The molecule has 1 aromatic rings. The lowest BCUT2D eigenvalue weighted by atomic mass is 10.1. The van der Waals surface area contributed by atoms with Crippen LogP contribution in [0.5, 0.6) is 0 Å². The molecule has 1 saturated heterocycles. The first kappa shape index (κ1) is 15.0. The van der Waals surface area contributed by atoms with Crippen LogP contribution in [0.2, 0.25) is 0 Å². The maximum atomic E-state index is 12.1. The molecule has 7 heteroatoms. The van der Waals surface area contributed by atoms with E-state index in [1.165, 1.54) is 0 Å². The molecule has 0 aromatic heterocycles. The van der Waals surface area contributed by atoms with Gasteiger partial charge in [0.1, 0.15) is 5.84 Å². The fourth-order valence-electron chi connectivity index (χ4n) is 2.09. The van der Waals surface area contributed by atoms with Crippen LogP contribution in [0, 0.1) is 5.41 Å². The minimum absolute atomic E-state index is 0.000615. The summed E-state index contributed by atoms with van der Waals surface area (Å²) in [6.07, 6.45) is 1.08. The maximum Gasteiger partial charge on any atom is 0.214 e. The third kappa shape index (κ3) is 3.78. The summed E-state index contributed by atoms with van der Waals surface area (Å²) in [6.45, 7) is 1.25. The van der Waals surface area contributed by atoms with Crippen molar-refractivity contribution < 1.29 is 13.2 Å². The van der Waals surface area contributed by atoms with Crippen LogP contribution in [0.15, 0.2) is 24.3 Å². The molecular formula is C13H19N3O3S. The normalized spacial score (nSPS) is 17.0. The highest BCUT2D eigenvalue weighted by atomic mass is 32.2. The summed E-state index contributed by atoms with van der Waals surface area (Å²) in [4.78, 5) is 0. The van der Waals surface area contributed by atoms with E-state index in [4.69, 9.17) is 15.9 Å². The van der Waals surface area contributed by atoms with Crippen molar-refractivity contribution in [1.29, 1.82) is 5.41 Å². The van der Waals surface area contributed by atoms with Gasteiger partial charge in [0, 0.05) is 25.3 Å². The second-order valence-electron chi connectivity index (χ2n) is 4.79. The van der Waals surface area contributed by atoms with Gasteiger partial charge in [0.2, 0.25) is 10.0 Å². The molecule has 6 nitrogen and oxygen atoms in total. The molecule has 0 radical (unpaired) electrons. The van der Waals surface area contributed by atoms with Crippen LogP contribution in [0.1, 0.15) is 24.0 Å². The summed E-state index contributed by atoms with van der Waals surface area (Å²) in [7, 11) is -3.30. The Hall–Kier alpha value is -1.44. The third-order valence-electron chi connectivity index (χ3n) is 3.35. The first-order valence-corrected chi connectivity index (χ1v) is 8.03. The number of nitrogens with two attached hydrogens (primary N) is 1. The molecule has 1 aliphatic heterocycles. The average Bonchev–Trinajstić information content (AvgIpc) is 2.46. The van der Waals surface area contributed by atoms with Gasteiger partial charge in [-0.2, -0.15) is 0 Å². The van der Waals surface area contributed by atoms with Gasteiger partial charge in [0.05, 0.1) is 5.25 Å². The highest BCUT2D eigenvalue weighted by Crippen LogP contribution is 2.15. The second-order valence-corrected chi connectivity index (χ2v) is 6.83. The van der Waals surface area contributed by atoms with Crippen molar-refractivity contribution in [1.82, 2.24) is 4.72 Å². The van der Waals surface area contributed by atoms with Gasteiger partial charge in [0.25, 0.3) is 0 Å². The third-order valence-corrected chi connectivity index (χ3v) is 5.25. The van der Waals surface area contributed by atoms with Gasteiger partial charge in [-0.15, -0.1) is 0 Å². The molecule has 2 rings (SSSR count). The van der Waals surface area contributed by atoms with E-state index in [1.807, 2.05) is 0 Å². The van der Waals surface area contributed by atoms with E-state index in [-0.39, 0.29) is 17.6 Å². The number of sulfonamides is 1. The van der Waals surface area contributed by atoms with E-state index in [0.29, 0.717) is 31.6 Å². The Labute approximate surface area is 118 Å². The molecule has 0 spiro atoms. The Kier molecular flexibility index (Phi) is 4.74. The van der Waals surface area contributed by atoms with Gasteiger partial charge in [-0.25, -0.2) is 13.1 Å². The zero-order valence-electron chi connectivity index (χ0n) is 11.1. The van der Waals surface area contributed by atoms with E-state index < -0.39 is 10.0 Å². The lowest BCUT2D eigenvalue weighted by molar-refractivity contribution is 0.0981. The number of rotatable bonds is 5. The number of nitrogens with one attached hydrogen (secondary N) is 2. The fraction of sp³-hybridized carbons (Fsp3) is 0.462. The number of benzene rings is 1. The minimum atomic E-state index is -3.30.